The largest absolute Gasteiger partial charge is 0.449 e. The van der Waals surface area contributed by atoms with Crippen LogP contribution < -0.4 is 14.4 Å². The van der Waals surface area contributed by atoms with Crippen LogP contribution in [-0.4, -0.2) is 0 Å². The van der Waals surface area contributed by atoms with Gasteiger partial charge in [0.25, 0.3) is 0 Å². The highest BCUT2D eigenvalue weighted by Crippen LogP contribution is 2.62. The number of para-hydroxylation sites is 2. The van der Waals surface area contributed by atoms with Gasteiger partial charge in [0.2, 0.25) is 0 Å². The van der Waals surface area contributed by atoms with Crippen LogP contribution in [0.4, 0.5) is 17.1 Å². The van der Waals surface area contributed by atoms with E-state index >= 15 is 0 Å². The molecule has 2 aliphatic carbocycles. The zero-order valence-electron chi connectivity index (χ0n) is 34.0. The summed E-state index contributed by atoms with van der Waals surface area (Å²) in [5, 5.41) is 0. The van der Waals surface area contributed by atoms with Gasteiger partial charge in [-0.3, -0.25) is 0 Å². The predicted octanol–water partition coefficient (Wildman–Crippen LogP) is 15.4. The Kier molecular flexibility index (Phi) is 7.79. The van der Waals surface area contributed by atoms with E-state index in [1.807, 2.05) is 24.3 Å². The number of fused-ring (bicyclic) bond motifs is 9. The van der Waals surface area contributed by atoms with Crippen molar-refractivity contribution in [2.75, 3.05) is 4.90 Å². The summed E-state index contributed by atoms with van der Waals surface area (Å²) in [5.74, 6) is 2.92. The first kappa shape index (κ1) is 35.3. The lowest BCUT2D eigenvalue weighted by Gasteiger charge is -2.35. The van der Waals surface area contributed by atoms with E-state index in [2.05, 4.69) is 207 Å². The lowest BCUT2D eigenvalue weighted by Crippen LogP contribution is -2.28. The number of anilines is 3. The highest BCUT2D eigenvalue weighted by molar-refractivity contribution is 5.92. The molecule has 0 bridgehead atoms. The second kappa shape index (κ2) is 13.5. The highest BCUT2D eigenvalue weighted by atomic mass is 16.6. The van der Waals surface area contributed by atoms with Gasteiger partial charge < -0.3 is 14.4 Å². The molecule has 3 aliphatic rings. The summed E-state index contributed by atoms with van der Waals surface area (Å²) in [4.78, 5) is 2.40. The third-order valence-electron chi connectivity index (χ3n) is 13.2. The number of nitrogens with zero attached hydrogens (tertiary/aromatic N) is 1. The molecule has 1 atom stereocenters. The van der Waals surface area contributed by atoms with Gasteiger partial charge in [0.1, 0.15) is 0 Å². The first-order valence-corrected chi connectivity index (χ1v) is 21.1. The maximum atomic E-state index is 6.76. The molecule has 1 aliphatic heterocycles. The Morgan fingerprint density at radius 2 is 0.885 bits per heavy atom. The van der Waals surface area contributed by atoms with Crippen molar-refractivity contribution < 1.29 is 9.47 Å². The van der Waals surface area contributed by atoms with E-state index in [0.717, 1.165) is 51.2 Å². The fourth-order valence-corrected chi connectivity index (χ4v) is 10.4. The number of rotatable bonds is 6. The molecule has 0 saturated carbocycles. The zero-order chi connectivity index (χ0) is 40.7. The van der Waals surface area contributed by atoms with Crippen molar-refractivity contribution in [1.82, 2.24) is 0 Å². The molecule has 0 fully saturated rings. The minimum atomic E-state index is -0.619. The molecule has 9 aromatic carbocycles. The molecule has 0 spiro atoms. The first-order valence-electron chi connectivity index (χ1n) is 21.1. The fraction of sp³-hybridized carbons (Fsp3) is 0.0690. The molecule has 0 amide bonds. The van der Waals surface area contributed by atoms with Crippen LogP contribution in [0.3, 0.4) is 0 Å². The molecule has 1 unspecified atom stereocenters. The van der Waals surface area contributed by atoms with E-state index in [-0.39, 0.29) is 5.41 Å². The lowest BCUT2D eigenvalue weighted by molar-refractivity contribution is 0.360. The topological polar surface area (TPSA) is 21.7 Å². The maximum Gasteiger partial charge on any atom is 0.178 e. The van der Waals surface area contributed by atoms with Crippen LogP contribution in [0.15, 0.2) is 212 Å². The minimum absolute atomic E-state index is 0.0757. The summed E-state index contributed by atoms with van der Waals surface area (Å²) in [6.45, 7) is 4.68. The molecule has 3 nitrogen and oxygen atoms in total. The second-order valence-corrected chi connectivity index (χ2v) is 16.8. The van der Waals surface area contributed by atoms with Gasteiger partial charge in [-0.2, -0.15) is 0 Å². The van der Waals surface area contributed by atoms with E-state index in [4.69, 9.17) is 9.47 Å². The molecule has 12 rings (SSSR count). The van der Waals surface area contributed by atoms with E-state index in [0.29, 0.717) is 0 Å². The van der Waals surface area contributed by atoms with Crippen molar-refractivity contribution in [3.8, 4) is 56.4 Å². The first-order chi connectivity index (χ1) is 30.0. The van der Waals surface area contributed by atoms with Crippen molar-refractivity contribution in [1.29, 1.82) is 0 Å². The van der Waals surface area contributed by atoms with Crippen LogP contribution in [-0.2, 0) is 10.8 Å². The standard InChI is InChI=1S/C58H41NO2/c1-57(2)48-21-11-9-19-45(48)47-37-44(33-34-49(47)57)59(42-29-25-39(26-30-42)38-15-5-3-6-16-38)43-31-27-41(28-32-43)58(40-17-7-4-8-18-40)50-22-12-10-20-46(50)55-51(58)35-36-54-56(55)61-53-24-14-13-23-52(53)60-54/h3-37H,1-2H3. The lowest BCUT2D eigenvalue weighted by atomic mass is 9.67. The summed E-state index contributed by atoms with van der Waals surface area (Å²) in [6, 6.07) is 76.6. The van der Waals surface area contributed by atoms with Gasteiger partial charge in [-0.1, -0.05) is 172 Å². The Hall–Kier alpha value is -7.62. The summed E-state index contributed by atoms with van der Waals surface area (Å²) in [5.41, 5.74) is 17.3. The molecule has 0 N–H and O–H groups in total. The van der Waals surface area contributed by atoms with Gasteiger partial charge in [-0.15, -0.1) is 0 Å². The van der Waals surface area contributed by atoms with Gasteiger partial charge in [-0.25, -0.2) is 0 Å². The Labute approximate surface area is 356 Å². The molecule has 3 heteroatoms. The maximum absolute atomic E-state index is 6.76. The van der Waals surface area contributed by atoms with Crippen LogP contribution in [0.2, 0.25) is 0 Å². The fourth-order valence-electron chi connectivity index (χ4n) is 10.4. The van der Waals surface area contributed by atoms with Crippen molar-refractivity contribution in [3.05, 3.63) is 246 Å². The number of ether oxygens (including phenoxy) is 2. The van der Waals surface area contributed by atoms with Crippen LogP contribution >= 0.6 is 0 Å². The van der Waals surface area contributed by atoms with Crippen LogP contribution in [0, 0.1) is 0 Å². The summed E-state index contributed by atoms with van der Waals surface area (Å²) < 4.78 is 13.2. The zero-order valence-corrected chi connectivity index (χ0v) is 34.0. The number of hydrogen-bond donors (Lipinski definition) is 0. The van der Waals surface area contributed by atoms with E-state index in [9.17, 15) is 0 Å². The van der Waals surface area contributed by atoms with Gasteiger partial charge in [0.15, 0.2) is 23.0 Å². The Morgan fingerprint density at radius 3 is 1.62 bits per heavy atom. The SMILES string of the molecule is CC1(C)c2ccccc2-c2cc(N(c3ccc(-c4ccccc4)cc3)c3ccc(C4(c5ccccc5)c5ccccc5-c5c4ccc4c5Oc5ccccc5O4)cc3)ccc21. The molecular formula is C58H41NO2. The monoisotopic (exact) mass is 783 g/mol. The highest BCUT2D eigenvalue weighted by Gasteiger charge is 2.48. The van der Waals surface area contributed by atoms with Gasteiger partial charge in [0.05, 0.1) is 5.41 Å². The van der Waals surface area contributed by atoms with Gasteiger partial charge >= 0.3 is 0 Å². The third kappa shape index (κ3) is 5.23. The van der Waals surface area contributed by atoms with E-state index in [1.165, 1.54) is 55.6 Å². The third-order valence-corrected chi connectivity index (χ3v) is 13.2. The quantitative estimate of drug-likeness (QED) is 0.168. The Morgan fingerprint density at radius 1 is 0.361 bits per heavy atom. The van der Waals surface area contributed by atoms with Crippen LogP contribution in [0.5, 0.6) is 23.0 Å². The molecule has 0 aromatic heterocycles. The Balaban J connectivity index is 1.04. The summed E-state index contributed by atoms with van der Waals surface area (Å²) >= 11 is 0. The van der Waals surface area contributed by atoms with Crippen molar-refractivity contribution >= 4 is 17.1 Å². The smallest absolute Gasteiger partial charge is 0.178 e. The van der Waals surface area contributed by atoms with Crippen molar-refractivity contribution in [2.45, 2.75) is 24.7 Å². The van der Waals surface area contributed by atoms with E-state index in [1.54, 1.807) is 0 Å². The van der Waals surface area contributed by atoms with Crippen LogP contribution in [0.25, 0.3) is 33.4 Å². The normalized spacial score (nSPS) is 15.8. The second-order valence-electron chi connectivity index (χ2n) is 16.8. The average Bonchev–Trinajstić information content (AvgIpc) is 3.75. The van der Waals surface area contributed by atoms with E-state index < -0.39 is 5.41 Å². The molecule has 61 heavy (non-hydrogen) atoms. The number of benzene rings is 9. The molecule has 290 valence electrons. The average molecular weight is 784 g/mol. The molecule has 0 saturated heterocycles. The molecule has 1 heterocycles. The molecule has 0 radical (unpaired) electrons. The van der Waals surface area contributed by atoms with Crippen molar-refractivity contribution in [2.24, 2.45) is 0 Å². The van der Waals surface area contributed by atoms with Crippen LogP contribution in [0.1, 0.15) is 47.2 Å². The van der Waals surface area contributed by atoms with Gasteiger partial charge in [-0.05, 0) is 116 Å². The summed E-state index contributed by atoms with van der Waals surface area (Å²) in [6.07, 6.45) is 0. The summed E-state index contributed by atoms with van der Waals surface area (Å²) in [7, 11) is 0. The van der Waals surface area contributed by atoms with Gasteiger partial charge in [0, 0.05) is 28.0 Å². The molecule has 9 aromatic rings. The minimum Gasteiger partial charge on any atom is -0.449 e. The molecular weight excluding hydrogens is 743 g/mol. The van der Waals surface area contributed by atoms with Crippen molar-refractivity contribution in [3.63, 3.8) is 0 Å². The number of hydrogen-bond acceptors (Lipinski definition) is 3. The predicted molar refractivity (Wildman–Crippen MR) is 248 cm³/mol. The Bertz CT molecular complexity index is 3150.